The Kier molecular flexibility index (Phi) is 10.5. The molecule has 1 saturated heterocycles. The quantitative estimate of drug-likeness (QED) is 0.540. The van der Waals surface area contributed by atoms with Crippen LogP contribution in [0.5, 0.6) is 0 Å². The third kappa shape index (κ3) is 8.66. The fourth-order valence-electron chi connectivity index (χ4n) is 2.66. The first kappa shape index (κ1) is 23.1. The van der Waals surface area contributed by atoms with Gasteiger partial charge in [-0.2, -0.15) is 0 Å². The van der Waals surface area contributed by atoms with E-state index in [-0.39, 0.29) is 12.7 Å². The van der Waals surface area contributed by atoms with Gasteiger partial charge in [0.1, 0.15) is 23.9 Å². The number of carbonyl (C=O) groups excluding carboxylic acids is 1. The van der Waals surface area contributed by atoms with Gasteiger partial charge in [-0.25, -0.2) is 4.79 Å². The van der Waals surface area contributed by atoms with E-state index in [9.17, 15) is 9.90 Å². The number of amides is 1. The summed E-state index contributed by atoms with van der Waals surface area (Å²) in [5, 5.41) is 13.0. The Morgan fingerprint density at radius 1 is 1.23 bits per heavy atom. The van der Waals surface area contributed by atoms with Crippen molar-refractivity contribution in [3.8, 4) is 0 Å². The molecule has 0 aromatic carbocycles. The number of hydrogen-bond donors (Lipinski definition) is 2. The number of carbonyl (C=O) groups is 1. The van der Waals surface area contributed by atoms with Crippen LogP contribution in [-0.4, -0.2) is 67.6 Å². The first-order valence-corrected chi connectivity index (χ1v) is 9.77. The molecule has 0 unspecified atom stereocenters. The monoisotopic (exact) mass is 375 g/mol. The highest BCUT2D eigenvalue weighted by atomic mass is 16.6. The molecule has 1 aliphatic rings. The normalized spacial score (nSPS) is 24.5. The summed E-state index contributed by atoms with van der Waals surface area (Å²) in [7, 11) is 0. The SMILES string of the molecule is CCCCOC[C@@H](OCCCC)[C@H]1OC[C@H](O)[C@H]1NC(=O)OC(C)(C)C. The van der Waals surface area contributed by atoms with Crippen LogP contribution < -0.4 is 5.32 Å². The maximum atomic E-state index is 12.1. The summed E-state index contributed by atoms with van der Waals surface area (Å²) in [6.45, 7) is 11.4. The fraction of sp³-hybridized carbons (Fsp3) is 0.947. The molecular weight excluding hydrogens is 338 g/mol. The highest BCUT2D eigenvalue weighted by Crippen LogP contribution is 2.21. The maximum Gasteiger partial charge on any atom is 0.408 e. The van der Waals surface area contributed by atoms with E-state index in [4.69, 9.17) is 18.9 Å². The van der Waals surface area contributed by atoms with Crippen LogP contribution in [0.4, 0.5) is 4.79 Å². The second-order valence-corrected chi connectivity index (χ2v) is 7.73. The smallest absolute Gasteiger partial charge is 0.408 e. The van der Waals surface area contributed by atoms with Gasteiger partial charge in [0.2, 0.25) is 0 Å². The largest absolute Gasteiger partial charge is 0.444 e. The van der Waals surface area contributed by atoms with Crippen LogP contribution in [-0.2, 0) is 18.9 Å². The Hall–Kier alpha value is -0.890. The molecule has 0 aromatic rings. The Labute approximate surface area is 157 Å². The van der Waals surface area contributed by atoms with E-state index in [1.54, 1.807) is 20.8 Å². The molecule has 0 saturated carbocycles. The topological polar surface area (TPSA) is 86.3 Å². The summed E-state index contributed by atoms with van der Waals surface area (Å²) in [5.41, 5.74) is -0.607. The van der Waals surface area contributed by atoms with E-state index in [0.29, 0.717) is 19.8 Å². The molecule has 1 fully saturated rings. The van der Waals surface area contributed by atoms with Crippen LogP contribution in [0.2, 0.25) is 0 Å². The van der Waals surface area contributed by atoms with Crippen molar-refractivity contribution in [2.45, 2.75) is 90.3 Å². The molecule has 26 heavy (non-hydrogen) atoms. The summed E-state index contributed by atoms with van der Waals surface area (Å²) >= 11 is 0. The zero-order valence-corrected chi connectivity index (χ0v) is 17.0. The molecule has 154 valence electrons. The van der Waals surface area contributed by atoms with Crippen molar-refractivity contribution in [3.63, 3.8) is 0 Å². The predicted octanol–water partition coefficient (Wildman–Crippen LogP) is 2.64. The Morgan fingerprint density at radius 2 is 1.88 bits per heavy atom. The van der Waals surface area contributed by atoms with E-state index >= 15 is 0 Å². The van der Waals surface area contributed by atoms with Gasteiger partial charge in [0.15, 0.2) is 0 Å². The molecular formula is C19H37NO6. The Bertz CT molecular complexity index is 398. The predicted molar refractivity (Wildman–Crippen MR) is 99.3 cm³/mol. The van der Waals surface area contributed by atoms with Crippen molar-refractivity contribution in [2.75, 3.05) is 26.4 Å². The average Bonchev–Trinajstić information content (AvgIpc) is 2.89. The highest BCUT2D eigenvalue weighted by molar-refractivity contribution is 5.68. The lowest BCUT2D eigenvalue weighted by Crippen LogP contribution is -2.53. The molecule has 1 aliphatic heterocycles. The molecule has 1 heterocycles. The van der Waals surface area contributed by atoms with Crippen molar-refractivity contribution >= 4 is 6.09 Å². The lowest BCUT2D eigenvalue weighted by Gasteiger charge is -2.30. The number of rotatable bonds is 11. The van der Waals surface area contributed by atoms with Crippen molar-refractivity contribution in [1.82, 2.24) is 5.32 Å². The fourth-order valence-corrected chi connectivity index (χ4v) is 2.66. The van der Waals surface area contributed by atoms with Crippen molar-refractivity contribution < 1.29 is 28.8 Å². The zero-order chi connectivity index (χ0) is 19.6. The second-order valence-electron chi connectivity index (χ2n) is 7.73. The second kappa shape index (κ2) is 11.7. The number of unbranched alkanes of at least 4 members (excludes halogenated alkanes) is 2. The summed E-state index contributed by atoms with van der Waals surface area (Å²) in [6, 6.07) is -0.591. The van der Waals surface area contributed by atoms with Gasteiger partial charge >= 0.3 is 6.09 Å². The molecule has 1 rings (SSSR count). The minimum atomic E-state index is -0.805. The third-order valence-electron chi connectivity index (χ3n) is 4.03. The van der Waals surface area contributed by atoms with E-state index < -0.39 is 29.9 Å². The van der Waals surface area contributed by atoms with Crippen LogP contribution in [0, 0.1) is 0 Å². The van der Waals surface area contributed by atoms with Crippen LogP contribution >= 0.6 is 0 Å². The minimum absolute atomic E-state index is 0.147. The molecule has 2 N–H and O–H groups in total. The van der Waals surface area contributed by atoms with Gasteiger partial charge in [0.05, 0.1) is 19.3 Å². The summed E-state index contributed by atoms with van der Waals surface area (Å²) < 4.78 is 22.7. The first-order valence-electron chi connectivity index (χ1n) is 9.77. The number of alkyl carbamates (subject to hydrolysis) is 1. The van der Waals surface area contributed by atoms with Gasteiger partial charge in [0, 0.05) is 13.2 Å². The van der Waals surface area contributed by atoms with Crippen LogP contribution in [0.25, 0.3) is 0 Å². The molecule has 0 radical (unpaired) electrons. The summed E-state index contributed by atoms with van der Waals surface area (Å²) in [6.07, 6.45) is 1.79. The van der Waals surface area contributed by atoms with Crippen molar-refractivity contribution in [3.05, 3.63) is 0 Å². The number of hydrogen-bond acceptors (Lipinski definition) is 6. The number of aliphatic hydroxyl groups excluding tert-OH is 1. The molecule has 0 spiro atoms. The van der Waals surface area contributed by atoms with E-state index in [1.165, 1.54) is 0 Å². The first-order chi connectivity index (χ1) is 12.3. The molecule has 0 aliphatic carbocycles. The van der Waals surface area contributed by atoms with Crippen LogP contribution in [0.3, 0.4) is 0 Å². The number of aliphatic hydroxyl groups is 1. The zero-order valence-electron chi connectivity index (χ0n) is 17.0. The van der Waals surface area contributed by atoms with E-state index in [1.807, 2.05) is 0 Å². The van der Waals surface area contributed by atoms with Gasteiger partial charge in [0.25, 0.3) is 0 Å². The maximum absolute atomic E-state index is 12.1. The van der Waals surface area contributed by atoms with E-state index in [2.05, 4.69) is 19.2 Å². The van der Waals surface area contributed by atoms with Crippen LogP contribution in [0.1, 0.15) is 60.3 Å². The lowest BCUT2D eigenvalue weighted by atomic mass is 10.0. The average molecular weight is 376 g/mol. The number of nitrogens with one attached hydrogen (secondary N) is 1. The van der Waals surface area contributed by atoms with Gasteiger partial charge in [-0.15, -0.1) is 0 Å². The molecule has 0 aromatic heterocycles. The molecule has 7 nitrogen and oxygen atoms in total. The van der Waals surface area contributed by atoms with E-state index in [0.717, 1.165) is 25.7 Å². The summed E-state index contributed by atoms with van der Waals surface area (Å²) in [5.74, 6) is 0. The molecule has 1 amide bonds. The van der Waals surface area contributed by atoms with Crippen LogP contribution in [0.15, 0.2) is 0 Å². The lowest BCUT2D eigenvalue weighted by molar-refractivity contribution is -0.0923. The molecule has 7 heteroatoms. The van der Waals surface area contributed by atoms with Gasteiger partial charge in [-0.3, -0.25) is 0 Å². The van der Waals surface area contributed by atoms with Gasteiger partial charge in [-0.1, -0.05) is 26.7 Å². The minimum Gasteiger partial charge on any atom is -0.444 e. The van der Waals surface area contributed by atoms with Gasteiger partial charge in [-0.05, 0) is 33.6 Å². The Morgan fingerprint density at radius 3 is 2.50 bits per heavy atom. The van der Waals surface area contributed by atoms with Crippen molar-refractivity contribution in [2.24, 2.45) is 0 Å². The number of ether oxygens (including phenoxy) is 4. The molecule has 4 atom stereocenters. The highest BCUT2D eigenvalue weighted by Gasteiger charge is 2.43. The third-order valence-corrected chi connectivity index (χ3v) is 4.03. The summed E-state index contributed by atoms with van der Waals surface area (Å²) in [4.78, 5) is 12.1. The van der Waals surface area contributed by atoms with Gasteiger partial charge < -0.3 is 29.4 Å². The Balaban J connectivity index is 2.69. The molecule has 0 bridgehead atoms. The standard InChI is InChI=1S/C19H37NO6/c1-6-8-10-23-13-15(24-11-9-7-2)17-16(14(21)12-25-17)20-18(22)26-19(3,4)5/h14-17,21H,6-13H2,1-5H3,(H,20,22)/t14-,15+,16+,17+/m0/s1. The van der Waals surface area contributed by atoms with Crippen molar-refractivity contribution in [1.29, 1.82) is 0 Å².